The van der Waals surface area contributed by atoms with Crippen LogP contribution in [0.3, 0.4) is 0 Å². The first-order chi connectivity index (χ1) is 8.22. The number of rotatable bonds is 8. The highest BCUT2D eigenvalue weighted by Gasteiger charge is 1.99. The molecule has 1 rings (SSSR count). The second-order valence-electron chi connectivity index (χ2n) is 3.28. The predicted octanol–water partition coefficient (Wildman–Crippen LogP) is 0.421. The largest absolute Gasteiger partial charge is 0.481 e. The predicted molar refractivity (Wildman–Crippen MR) is 63.1 cm³/mol. The monoisotopic (exact) mass is 240 g/mol. The van der Waals surface area contributed by atoms with Crippen LogP contribution in [0.4, 0.5) is 11.6 Å². The van der Waals surface area contributed by atoms with E-state index in [1.165, 1.54) is 6.33 Å². The number of anilines is 2. The smallest absolute Gasteiger partial charge is 0.305 e. The number of carboxylic acids is 1. The minimum atomic E-state index is -0.843. The summed E-state index contributed by atoms with van der Waals surface area (Å²) < 4.78 is 4.90. The Bertz CT molecular complexity index is 359. The number of carbonyl (C=O) groups is 1. The molecule has 94 valence electrons. The molecule has 1 aromatic rings. The van der Waals surface area contributed by atoms with E-state index in [0.29, 0.717) is 31.3 Å². The average Bonchev–Trinajstić information content (AvgIpc) is 2.29. The number of nitrogens with one attached hydrogen (secondary N) is 2. The first-order valence-electron chi connectivity index (χ1n) is 5.23. The number of ether oxygens (including phenoxy) is 1. The van der Waals surface area contributed by atoms with E-state index in [0.717, 1.165) is 0 Å². The van der Waals surface area contributed by atoms with Crippen LogP contribution in [0.2, 0.25) is 0 Å². The number of hydrogen-bond donors (Lipinski definition) is 3. The molecule has 17 heavy (non-hydrogen) atoms. The van der Waals surface area contributed by atoms with Crippen LogP contribution in [0.25, 0.3) is 0 Å². The first kappa shape index (κ1) is 13.2. The summed E-state index contributed by atoms with van der Waals surface area (Å²) >= 11 is 0. The maximum Gasteiger partial charge on any atom is 0.305 e. The second kappa shape index (κ2) is 7.39. The van der Waals surface area contributed by atoms with Crippen LogP contribution >= 0.6 is 0 Å². The van der Waals surface area contributed by atoms with Crippen LogP contribution in [0, 0.1) is 0 Å². The highest BCUT2D eigenvalue weighted by Crippen LogP contribution is 2.07. The maximum absolute atomic E-state index is 10.3. The van der Waals surface area contributed by atoms with Gasteiger partial charge in [-0.1, -0.05) is 0 Å². The SMILES string of the molecule is COCCNc1cc(NCCC(=O)O)ncn1. The summed E-state index contributed by atoms with van der Waals surface area (Å²) in [6.45, 7) is 1.58. The molecule has 0 amide bonds. The van der Waals surface area contributed by atoms with Crippen molar-refractivity contribution in [1.29, 1.82) is 0 Å². The van der Waals surface area contributed by atoms with Crippen molar-refractivity contribution >= 4 is 17.6 Å². The standard InChI is InChI=1S/C10H16N4O3/c1-17-5-4-12-9-6-8(13-7-14-9)11-3-2-10(15)16/h6-7H,2-5H2,1H3,(H,15,16)(H2,11,12,13,14). The van der Waals surface area contributed by atoms with Gasteiger partial charge in [0.25, 0.3) is 0 Å². The Labute approximate surface area is 99.2 Å². The molecule has 0 saturated heterocycles. The Kier molecular flexibility index (Phi) is 5.73. The van der Waals surface area contributed by atoms with Crippen LogP contribution in [0.1, 0.15) is 6.42 Å². The molecule has 3 N–H and O–H groups in total. The van der Waals surface area contributed by atoms with E-state index in [2.05, 4.69) is 20.6 Å². The van der Waals surface area contributed by atoms with Crippen LogP contribution < -0.4 is 10.6 Å². The van der Waals surface area contributed by atoms with Gasteiger partial charge in [-0.15, -0.1) is 0 Å². The molecule has 0 spiro atoms. The van der Waals surface area contributed by atoms with Gasteiger partial charge in [-0.05, 0) is 0 Å². The van der Waals surface area contributed by atoms with Crippen molar-refractivity contribution in [3.05, 3.63) is 12.4 Å². The topological polar surface area (TPSA) is 96.4 Å². The van der Waals surface area contributed by atoms with E-state index in [1.807, 2.05) is 0 Å². The number of hydrogen-bond acceptors (Lipinski definition) is 6. The van der Waals surface area contributed by atoms with Crippen molar-refractivity contribution in [2.24, 2.45) is 0 Å². The molecule has 0 unspecified atom stereocenters. The van der Waals surface area contributed by atoms with Gasteiger partial charge in [0.05, 0.1) is 13.0 Å². The van der Waals surface area contributed by atoms with Gasteiger partial charge in [0.2, 0.25) is 0 Å². The van der Waals surface area contributed by atoms with Crippen molar-refractivity contribution in [3.8, 4) is 0 Å². The van der Waals surface area contributed by atoms with E-state index in [9.17, 15) is 4.79 Å². The highest BCUT2D eigenvalue weighted by atomic mass is 16.5. The lowest BCUT2D eigenvalue weighted by atomic mass is 10.4. The quantitative estimate of drug-likeness (QED) is 0.567. The Morgan fingerprint density at radius 2 is 2.00 bits per heavy atom. The molecule has 0 aromatic carbocycles. The van der Waals surface area contributed by atoms with E-state index in [-0.39, 0.29) is 6.42 Å². The van der Waals surface area contributed by atoms with Crippen molar-refractivity contribution in [2.75, 3.05) is 37.4 Å². The third kappa shape index (κ3) is 5.67. The lowest BCUT2D eigenvalue weighted by Crippen LogP contribution is -2.11. The molecule has 7 nitrogen and oxygen atoms in total. The molecule has 0 saturated carbocycles. The Hall–Kier alpha value is -1.89. The van der Waals surface area contributed by atoms with Gasteiger partial charge in [0.15, 0.2) is 0 Å². The number of aliphatic carboxylic acids is 1. The van der Waals surface area contributed by atoms with E-state index < -0.39 is 5.97 Å². The fourth-order valence-corrected chi connectivity index (χ4v) is 1.13. The number of methoxy groups -OCH3 is 1. The normalized spacial score (nSPS) is 9.94. The minimum Gasteiger partial charge on any atom is -0.481 e. The van der Waals surface area contributed by atoms with Crippen molar-refractivity contribution in [2.45, 2.75) is 6.42 Å². The third-order valence-electron chi connectivity index (χ3n) is 1.92. The fraction of sp³-hybridized carbons (Fsp3) is 0.500. The summed E-state index contributed by atoms with van der Waals surface area (Å²) in [5.41, 5.74) is 0. The Balaban J connectivity index is 2.39. The molecule has 0 fully saturated rings. The van der Waals surface area contributed by atoms with Crippen molar-refractivity contribution < 1.29 is 14.6 Å². The molecule has 0 aliphatic rings. The fourth-order valence-electron chi connectivity index (χ4n) is 1.13. The molecule has 0 atom stereocenters. The van der Waals surface area contributed by atoms with Gasteiger partial charge in [0, 0.05) is 26.3 Å². The summed E-state index contributed by atoms with van der Waals surface area (Å²) in [7, 11) is 1.63. The first-order valence-corrected chi connectivity index (χ1v) is 5.23. The third-order valence-corrected chi connectivity index (χ3v) is 1.92. The summed E-state index contributed by atoms with van der Waals surface area (Å²) in [6, 6.07) is 1.72. The molecule has 0 bridgehead atoms. The van der Waals surface area contributed by atoms with Gasteiger partial charge >= 0.3 is 5.97 Å². The zero-order valence-electron chi connectivity index (χ0n) is 9.64. The van der Waals surface area contributed by atoms with Gasteiger partial charge in [0.1, 0.15) is 18.0 Å². The van der Waals surface area contributed by atoms with Crippen LogP contribution in [-0.2, 0) is 9.53 Å². The van der Waals surface area contributed by atoms with Crippen molar-refractivity contribution in [3.63, 3.8) is 0 Å². The number of nitrogens with zero attached hydrogens (tertiary/aromatic N) is 2. The van der Waals surface area contributed by atoms with Gasteiger partial charge in [-0.3, -0.25) is 4.79 Å². The van der Waals surface area contributed by atoms with E-state index in [4.69, 9.17) is 9.84 Å². The molecule has 0 radical (unpaired) electrons. The average molecular weight is 240 g/mol. The minimum absolute atomic E-state index is 0.0520. The van der Waals surface area contributed by atoms with Crippen LogP contribution in [0.15, 0.2) is 12.4 Å². The maximum atomic E-state index is 10.3. The summed E-state index contributed by atoms with van der Waals surface area (Å²) in [4.78, 5) is 18.3. The molecule has 1 heterocycles. The molecular weight excluding hydrogens is 224 g/mol. The van der Waals surface area contributed by atoms with Gasteiger partial charge in [-0.2, -0.15) is 0 Å². The lowest BCUT2D eigenvalue weighted by Gasteiger charge is -2.07. The van der Waals surface area contributed by atoms with Crippen molar-refractivity contribution in [1.82, 2.24) is 9.97 Å². The Morgan fingerprint density at radius 3 is 2.59 bits per heavy atom. The van der Waals surface area contributed by atoms with E-state index >= 15 is 0 Å². The lowest BCUT2D eigenvalue weighted by molar-refractivity contribution is -0.136. The second-order valence-corrected chi connectivity index (χ2v) is 3.28. The molecular formula is C10H16N4O3. The zero-order chi connectivity index (χ0) is 12.5. The molecule has 1 aromatic heterocycles. The molecule has 7 heteroatoms. The number of aromatic nitrogens is 2. The summed E-state index contributed by atoms with van der Waals surface area (Å²) in [5, 5.41) is 14.4. The number of carboxylic acid groups (broad SMARTS) is 1. The Morgan fingerprint density at radius 1 is 1.35 bits per heavy atom. The zero-order valence-corrected chi connectivity index (χ0v) is 9.64. The van der Waals surface area contributed by atoms with Gasteiger partial charge in [-0.25, -0.2) is 9.97 Å². The van der Waals surface area contributed by atoms with E-state index in [1.54, 1.807) is 13.2 Å². The summed E-state index contributed by atoms with van der Waals surface area (Å²) in [5.74, 6) is 0.432. The molecule has 0 aliphatic heterocycles. The van der Waals surface area contributed by atoms with Crippen LogP contribution in [0.5, 0.6) is 0 Å². The summed E-state index contributed by atoms with van der Waals surface area (Å²) in [6.07, 6.45) is 1.47. The van der Waals surface area contributed by atoms with Crippen LogP contribution in [-0.4, -0.2) is 47.8 Å². The molecule has 0 aliphatic carbocycles. The van der Waals surface area contributed by atoms with Gasteiger partial charge < -0.3 is 20.5 Å². The highest BCUT2D eigenvalue weighted by molar-refractivity contribution is 5.67.